The van der Waals surface area contributed by atoms with Gasteiger partial charge in [-0.1, -0.05) is 12.1 Å². The van der Waals surface area contributed by atoms with Crippen molar-refractivity contribution in [1.82, 2.24) is 10.2 Å². The molecule has 1 fully saturated rings. The van der Waals surface area contributed by atoms with E-state index in [2.05, 4.69) is 24.4 Å². The van der Waals surface area contributed by atoms with E-state index in [0.717, 1.165) is 38.0 Å². The zero-order valence-corrected chi connectivity index (χ0v) is 15.2. The molecular formula is C19H27ClN2O2. The number of halogens is 1. The first-order valence-electron chi connectivity index (χ1n) is 8.80. The lowest BCUT2D eigenvalue weighted by atomic mass is 9.89. The van der Waals surface area contributed by atoms with Crippen molar-refractivity contribution < 1.29 is 9.59 Å². The average Bonchev–Trinajstić information content (AvgIpc) is 2.59. The highest BCUT2D eigenvalue weighted by atomic mass is 35.5. The predicted molar refractivity (Wildman–Crippen MR) is 97.9 cm³/mol. The molecule has 0 saturated carbocycles. The molecule has 24 heavy (non-hydrogen) atoms. The van der Waals surface area contributed by atoms with Crippen LogP contribution in [0.25, 0.3) is 0 Å². The van der Waals surface area contributed by atoms with Crippen molar-refractivity contribution in [3.8, 4) is 0 Å². The SMILES string of the molecule is CC1CNCCN1C(=O)CCC(=O)c1ccc2c(c1)CCCC2.Cl. The van der Waals surface area contributed by atoms with Crippen molar-refractivity contribution in [1.29, 1.82) is 0 Å². The van der Waals surface area contributed by atoms with Crippen LogP contribution in [0, 0.1) is 0 Å². The minimum absolute atomic E-state index is 0. The van der Waals surface area contributed by atoms with Crippen LogP contribution < -0.4 is 5.32 Å². The summed E-state index contributed by atoms with van der Waals surface area (Å²) in [5.41, 5.74) is 3.48. The lowest BCUT2D eigenvalue weighted by Gasteiger charge is -2.34. The van der Waals surface area contributed by atoms with E-state index in [4.69, 9.17) is 0 Å². The number of rotatable bonds is 4. The third-order valence-electron chi connectivity index (χ3n) is 5.06. The molecule has 3 rings (SSSR count). The molecule has 1 aliphatic carbocycles. The Morgan fingerprint density at radius 3 is 2.67 bits per heavy atom. The Balaban J connectivity index is 0.00000208. The van der Waals surface area contributed by atoms with Gasteiger partial charge >= 0.3 is 0 Å². The van der Waals surface area contributed by atoms with Crippen molar-refractivity contribution in [3.63, 3.8) is 0 Å². The second-order valence-electron chi connectivity index (χ2n) is 6.75. The summed E-state index contributed by atoms with van der Waals surface area (Å²) in [7, 11) is 0. The summed E-state index contributed by atoms with van der Waals surface area (Å²) in [5, 5.41) is 3.28. The smallest absolute Gasteiger partial charge is 0.223 e. The molecule has 1 aliphatic heterocycles. The number of Topliss-reactive ketones (excluding diaryl/α,β-unsaturated/α-hetero) is 1. The summed E-state index contributed by atoms with van der Waals surface area (Å²) in [6, 6.07) is 6.30. The van der Waals surface area contributed by atoms with Crippen molar-refractivity contribution in [2.45, 2.75) is 51.5 Å². The Kier molecular flexibility index (Phi) is 6.81. The molecule has 1 aromatic rings. The van der Waals surface area contributed by atoms with Crippen LogP contribution in [-0.2, 0) is 17.6 Å². The third kappa shape index (κ3) is 4.37. The number of amides is 1. The van der Waals surface area contributed by atoms with Gasteiger partial charge in [0.25, 0.3) is 0 Å². The summed E-state index contributed by atoms with van der Waals surface area (Å²) in [4.78, 5) is 26.6. The number of benzene rings is 1. The van der Waals surface area contributed by atoms with E-state index in [1.807, 2.05) is 11.0 Å². The van der Waals surface area contributed by atoms with Crippen LogP contribution in [0.4, 0.5) is 0 Å². The number of nitrogens with zero attached hydrogens (tertiary/aromatic N) is 1. The molecule has 1 saturated heterocycles. The fourth-order valence-electron chi connectivity index (χ4n) is 3.63. The summed E-state index contributed by atoms with van der Waals surface area (Å²) in [6.45, 7) is 4.47. The monoisotopic (exact) mass is 350 g/mol. The van der Waals surface area contributed by atoms with Crippen molar-refractivity contribution >= 4 is 24.1 Å². The standard InChI is InChI=1S/C19H26N2O2.ClH/c1-14-13-20-10-11-21(14)19(23)9-8-18(22)17-7-6-15-4-2-3-5-16(15)12-17;/h6-7,12,14,20H,2-5,8-11,13H2,1H3;1H. The van der Waals surface area contributed by atoms with Gasteiger partial charge in [0, 0.05) is 44.1 Å². The molecule has 4 nitrogen and oxygen atoms in total. The lowest BCUT2D eigenvalue weighted by Crippen LogP contribution is -2.52. The Morgan fingerprint density at radius 1 is 1.17 bits per heavy atom. The maximum Gasteiger partial charge on any atom is 0.223 e. The highest BCUT2D eigenvalue weighted by Gasteiger charge is 2.23. The van der Waals surface area contributed by atoms with E-state index in [-0.39, 0.29) is 30.1 Å². The van der Waals surface area contributed by atoms with E-state index in [1.54, 1.807) is 0 Å². The maximum atomic E-state index is 12.4. The second-order valence-corrected chi connectivity index (χ2v) is 6.75. The van der Waals surface area contributed by atoms with Crippen molar-refractivity contribution in [2.24, 2.45) is 0 Å². The molecule has 5 heteroatoms. The van der Waals surface area contributed by atoms with Gasteiger partial charge in [0.15, 0.2) is 5.78 Å². The average molecular weight is 351 g/mol. The first-order valence-corrected chi connectivity index (χ1v) is 8.80. The Hall–Kier alpha value is -1.39. The zero-order chi connectivity index (χ0) is 16.2. The first-order chi connectivity index (χ1) is 11.1. The van der Waals surface area contributed by atoms with Gasteiger partial charge in [-0.05, 0) is 49.8 Å². The van der Waals surface area contributed by atoms with E-state index < -0.39 is 0 Å². The topological polar surface area (TPSA) is 49.4 Å². The highest BCUT2D eigenvalue weighted by molar-refractivity contribution is 5.98. The van der Waals surface area contributed by atoms with E-state index >= 15 is 0 Å². The van der Waals surface area contributed by atoms with Crippen molar-refractivity contribution in [3.05, 3.63) is 34.9 Å². The number of hydrogen-bond acceptors (Lipinski definition) is 3. The molecular weight excluding hydrogens is 324 g/mol. The normalized spacial score (nSPS) is 20.0. The van der Waals surface area contributed by atoms with Gasteiger partial charge in [-0.15, -0.1) is 12.4 Å². The van der Waals surface area contributed by atoms with Crippen LogP contribution in [0.15, 0.2) is 18.2 Å². The Labute approximate surface area is 150 Å². The summed E-state index contributed by atoms with van der Waals surface area (Å²) >= 11 is 0. The van der Waals surface area contributed by atoms with E-state index in [0.29, 0.717) is 12.8 Å². The lowest BCUT2D eigenvalue weighted by molar-refractivity contribution is -0.133. The van der Waals surface area contributed by atoms with Gasteiger partial charge in [0.2, 0.25) is 5.91 Å². The molecule has 1 heterocycles. The molecule has 0 spiro atoms. The Bertz CT molecular complexity index is 603. The number of hydrogen-bond donors (Lipinski definition) is 1. The van der Waals surface area contributed by atoms with Crippen molar-refractivity contribution in [2.75, 3.05) is 19.6 Å². The minimum atomic E-state index is 0. The van der Waals surface area contributed by atoms with Crippen LogP contribution in [0.5, 0.6) is 0 Å². The summed E-state index contributed by atoms with van der Waals surface area (Å²) < 4.78 is 0. The molecule has 1 aromatic carbocycles. The summed E-state index contributed by atoms with van der Waals surface area (Å²) in [5.74, 6) is 0.194. The largest absolute Gasteiger partial charge is 0.337 e. The molecule has 0 radical (unpaired) electrons. The molecule has 1 unspecified atom stereocenters. The molecule has 0 aromatic heterocycles. The number of aryl methyl sites for hydroxylation is 2. The fourth-order valence-corrected chi connectivity index (χ4v) is 3.63. The molecule has 2 aliphatic rings. The summed E-state index contributed by atoms with van der Waals surface area (Å²) in [6.07, 6.45) is 5.30. The van der Waals surface area contributed by atoms with Gasteiger partial charge in [-0.25, -0.2) is 0 Å². The van der Waals surface area contributed by atoms with Crippen LogP contribution >= 0.6 is 12.4 Å². The van der Waals surface area contributed by atoms with Gasteiger partial charge in [-0.2, -0.15) is 0 Å². The number of carbonyl (C=O) groups excluding carboxylic acids is 2. The fraction of sp³-hybridized carbons (Fsp3) is 0.579. The van der Waals surface area contributed by atoms with Gasteiger partial charge in [0.1, 0.15) is 0 Å². The van der Waals surface area contributed by atoms with Gasteiger partial charge in [0.05, 0.1) is 0 Å². The third-order valence-corrected chi connectivity index (χ3v) is 5.06. The maximum absolute atomic E-state index is 12.4. The van der Waals surface area contributed by atoms with E-state index in [1.165, 1.54) is 24.0 Å². The van der Waals surface area contributed by atoms with Crippen LogP contribution in [0.3, 0.4) is 0 Å². The number of piperazine rings is 1. The number of carbonyl (C=O) groups is 2. The zero-order valence-electron chi connectivity index (χ0n) is 14.3. The minimum Gasteiger partial charge on any atom is -0.337 e. The van der Waals surface area contributed by atoms with Crippen LogP contribution in [0.2, 0.25) is 0 Å². The van der Waals surface area contributed by atoms with Gasteiger partial charge < -0.3 is 10.2 Å². The molecule has 1 N–H and O–H groups in total. The predicted octanol–water partition coefficient (Wildman–Crippen LogP) is 2.77. The molecule has 0 bridgehead atoms. The molecule has 1 amide bonds. The molecule has 132 valence electrons. The quantitative estimate of drug-likeness (QED) is 0.849. The number of fused-ring (bicyclic) bond motifs is 1. The van der Waals surface area contributed by atoms with Crippen LogP contribution in [0.1, 0.15) is 54.1 Å². The molecule has 1 atom stereocenters. The second kappa shape index (κ2) is 8.63. The number of nitrogens with one attached hydrogen (secondary N) is 1. The van der Waals surface area contributed by atoms with E-state index in [9.17, 15) is 9.59 Å². The first kappa shape index (κ1) is 18.9. The Morgan fingerprint density at radius 2 is 1.92 bits per heavy atom. The number of ketones is 1. The van der Waals surface area contributed by atoms with Crippen LogP contribution in [-0.4, -0.2) is 42.3 Å². The van der Waals surface area contributed by atoms with Gasteiger partial charge in [-0.3, -0.25) is 9.59 Å². The highest BCUT2D eigenvalue weighted by Crippen LogP contribution is 2.23.